The lowest BCUT2D eigenvalue weighted by molar-refractivity contribution is -0.0557. The van der Waals surface area contributed by atoms with Gasteiger partial charge in [0.25, 0.3) is 0 Å². The predicted octanol–water partition coefficient (Wildman–Crippen LogP) is 1.64. The molecule has 0 unspecified atom stereocenters. The molecule has 6 nitrogen and oxygen atoms in total. The second kappa shape index (κ2) is 7.09. The van der Waals surface area contributed by atoms with Crippen molar-refractivity contribution in [3.63, 3.8) is 0 Å². The zero-order valence-electron chi connectivity index (χ0n) is 14.6. The third kappa shape index (κ3) is 3.81. The van der Waals surface area contributed by atoms with E-state index in [4.69, 9.17) is 9.84 Å². The third-order valence-corrected chi connectivity index (χ3v) is 6.61. The van der Waals surface area contributed by atoms with E-state index in [2.05, 4.69) is 0 Å². The number of aryl methyl sites for hydroxylation is 1. The molecule has 0 amide bonds. The fourth-order valence-electron chi connectivity index (χ4n) is 3.24. The molecule has 2 rings (SSSR count). The van der Waals surface area contributed by atoms with Gasteiger partial charge in [0.2, 0.25) is 10.0 Å². The number of rotatable bonds is 6. The van der Waals surface area contributed by atoms with Gasteiger partial charge in [0.05, 0.1) is 29.8 Å². The minimum atomic E-state index is -3.69. The number of benzene rings is 1. The molecular formula is C17H27NO5S. The first-order valence-corrected chi connectivity index (χ1v) is 9.61. The lowest BCUT2D eigenvalue weighted by atomic mass is 10.1. The number of ether oxygens (including phenoxy) is 1. The highest BCUT2D eigenvalue weighted by atomic mass is 32.2. The highest BCUT2D eigenvalue weighted by Crippen LogP contribution is 2.38. The van der Waals surface area contributed by atoms with E-state index < -0.39 is 21.9 Å². The van der Waals surface area contributed by atoms with E-state index >= 15 is 0 Å². The van der Waals surface area contributed by atoms with Crippen LogP contribution in [0.3, 0.4) is 0 Å². The van der Waals surface area contributed by atoms with Crippen molar-refractivity contribution in [3.05, 3.63) is 29.8 Å². The van der Waals surface area contributed by atoms with Gasteiger partial charge in [-0.05, 0) is 52.7 Å². The van der Waals surface area contributed by atoms with Gasteiger partial charge in [-0.1, -0.05) is 17.7 Å². The smallest absolute Gasteiger partial charge is 0.245 e. The summed E-state index contributed by atoms with van der Waals surface area (Å²) in [6.07, 6.45) is -0.306. The van der Waals surface area contributed by atoms with Gasteiger partial charge in [-0.15, -0.1) is 0 Å². The summed E-state index contributed by atoms with van der Waals surface area (Å²) in [4.78, 5) is 0.243. The maximum Gasteiger partial charge on any atom is 0.245 e. The predicted molar refractivity (Wildman–Crippen MR) is 90.9 cm³/mol. The minimum absolute atomic E-state index is 0.243. The lowest BCUT2D eigenvalue weighted by Gasteiger charge is -2.31. The first-order chi connectivity index (χ1) is 11.1. The molecule has 0 saturated carbocycles. The summed E-state index contributed by atoms with van der Waals surface area (Å²) in [5.41, 5.74) is 0.0209. The summed E-state index contributed by atoms with van der Waals surface area (Å²) >= 11 is 0. The van der Waals surface area contributed by atoms with Gasteiger partial charge in [0.1, 0.15) is 5.72 Å². The van der Waals surface area contributed by atoms with Crippen LogP contribution in [0.2, 0.25) is 0 Å². The van der Waals surface area contributed by atoms with E-state index in [-0.39, 0.29) is 23.6 Å². The molecule has 0 spiro atoms. The van der Waals surface area contributed by atoms with Crippen molar-refractivity contribution in [2.45, 2.75) is 69.4 Å². The fourth-order valence-corrected chi connectivity index (χ4v) is 5.15. The van der Waals surface area contributed by atoms with Gasteiger partial charge in [-0.3, -0.25) is 0 Å². The van der Waals surface area contributed by atoms with Crippen LogP contribution in [0.15, 0.2) is 29.2 Å². The zero-order valence-corrected chi connectivity index (χ0v) is 15.5. The van der Waals surface area contributed by atoms with Gasteiger partial charge in [-0.25, -0.2) is 8.42 Å². The Balaban J connectivity index is 2.26. The van der Waals surface area contributed by atoms with Crippen molar-refractivity contribution in [3.8, 4) is 0 Å². The van der Waals surface area contributed by atoms with Crippen LogP contribution in [0.1, 0.15) is 39.2 Å². The van der Waals surface area contributed by atoms with Gasteiger partial charge in [0, 0.05) is 0 Å². The zero-order chi connectivity index (χ0) is 18.1. The molecule has 1 aliphatic heterocycles. The Morgan fingerprint density at radius 3 is 2.42 bits per heavy atom. The fraction of sp³-hybridized carbons (Fsp3) is 0.647. The second-order valence-corrected chi connectivity index (χ2v) is 8.69. The average Bonchev–Trinajstić information content (AvgIpc) is 2.74. The summed E-state index contributed by atoms with van der Waals surface area (Å²) in [6, 6.07) is 6.40. The number of hydrogen-bond donors (Lipinski definition) is 2. The lowest BCUT2D eigenvalue weighted by Crippen LogP contribution is -2.47. The van der Waals surface area contributed by atoms with Crippen molar-refractivity contribution < 1.29 is 23.4 Å². The molecule has 0 radical (unpaired) electrons. The third-order valence-electron chi connectivity index (χ3n) is 4.45. The SMILES string of the molecule is Cc1ccc(S(=O)(=O)N2[C@@H](C)[C@H](CC[C@@H](O)CO)OC2(C)C)cc1. The summed E-state index contributed by atoms with van der Waals surface area (Å²) < 4.78 is 33.5. The molecule has 1 aromatic carbocycles. The van der Waals surface area contributed by atoms with Crippen molar-refractivity contribution >= 4 is 10.0 Å². The van der Waals surface area contributed by atoms with Crippen molar-refractivity contribution in [2.24, 2.45) is 0 Å². The first kappa shape index (κ1) is 19.3. The highest BCUT2D eigenvalue weighted by Gasteiger charge is 2.51. The molecule has 1 heterocycles. The van der Waals surface area contributed by atoms with Crippen LogP contribution in [0.25, 0.3) is 0 Å². The standard InChI is InChI=1S/C17H27NO5S/c1-12-5-8-15(9-6-12)24(21,22)18-13(2)16(23-17(18,3)4)10-7-14(20)11-19/h5-6,8-9,13-14,16,19-20H,7,10-11H2,1-4H3/t13-,14+,16-/m0/s1. The first-order valence-electron chi connectivity index (χ1n) is 8.17. The average molecular weight is 357 g/mol. The molecule has 0 aromatic heterocycles. The van der Waals surface area contributed by atoms with E-state index in [1.54, 1.807) is 38.1 Å². The highest BCUT2D eigenvalue weighted by molar-refractivity contribution is 7.89. The Labute approximate surface area is 144 Å². The molecule has 0 aliphatic carbocycles. The van der Waals surface area contributed by atoms with Crippen LogP contribution in [0, 0.1) is 6.92 Å². The van der Waals surface area contributed by atoms with Gasteiger partial charge >= 0.3 is 0 Å². The largest absolute Gasteiger partial charge is 0.394 e. The molecule has 1 fully saturated rings. The minimum Gasteiger partial charge on any atom is -0.394 e. The number of aliphatic hydroxyl groups is 2. The molecule has 136 valence electrons. The van der Waals surface area contributed by atoms with Crippen LogP contribution in [-0.4, -0.2) is 53.5 Å². The van der Waals surface area contributed by atoms with E-state index in [0.717, 1.165) is 5.56 Å². The Hall–Kier alpha value is -0.990. The number of hydrogen-bond acceptors (Lipinski definition) is 5. The van der Waals surface area contributed by atoms with Crippen LogP contribution in [0.4, 0.5) is 0 Å². The normalized spacial score (nSPS) is 25.8. The molecule has 1 saturated heterocycles. The van der Waals surface area contributed by atoms with Gasteiger partial charge in [0.15, 0.2) is 0 Å². The summed E-state index contributed by atoms with van der Waals surface area (Å²) in [6.45, 7) is 6.88. The molecule has 7 heteroatoms. The van der Waals surface area contributed by atoms with E-state index in [1.165, 1.54) is 4.31 Å². The summed E-state index contributed by atoms with van der Waals surface area (Å²) in [7, 11) is -3.69. The molecule has 2 N–H and O–H groups in total. The van der Waals surface area contributed by atoms with Gasteiger partial charge in [-0.2, -0.15) is 4.31 Å². The molecule has 3 atom stereocenters. The Kier molecular flexibility index (Phi) is 5.71. The summed E-state index contributed by atoms with van der Waals surface area (Å²) in [5.74, 6) is 0. The quantitative estimate of drug-likeness (QED) is 0.808. The maximum atomic E-state index is 13.1. The second-order valence-electron chi connectivity index (χ2n) is 6.87. The molecule has 1 aromatic rings. The van der Waals surface area contributed by atoms with Crippen LogP contribution in [0.5, 0.6) is 0 Å². The molecule has 0 bridgehead atoms. The van der Waals surface area contributed by atoms with Crippen molar-refractivity contribution in [2.75, 3.05) is 6.61 Å². The Bertz CT molecular complexity index is 656. The molecule has 24 heavy (non-hydrogen) atoms. The van der Waals surface area contributed by atoms with E-state index in [1.807, 2.05) is 13.8 Å². The molecule has 1 aliphatic rings. The van der Waals surface area contributed by atoms with Gasteiger partial charge < -0.3 is 14.9 Å². The Morgan fingerprint density at radius 2 is 1.88 bits per heavy atom. The number of nitrogens with zero attached hydrogens (tertiary/aromatic N) is 1. The van der Waals surface area contributed by atoms with Crippen molar-refractivity contribution in [1.82, 2.24) is 4.31 Å². The van der Waals surface area contributed by atoms with E-state index in [9.17, 15) is 13.5 Å². The summed E-state index contributed by atoms with van der Waals surface area (Å²) in [5, 5.41) is 18.5. The molecular weight excluding hydrogens is 330 g/mol. The van der Waals surface area contributed by atoms with E-state index in [0.29, 0.717) is 12.8 Å². The van der Waals surface area contributed by atoms with Crippen molar-refractivity contribution in [1.29, 1.82) is 0 Å². The number of sulfonamides is 1. The van der Waals surface area contributed by atoms with Crippen LogP contribution >= 0.6 is 0 Å². The van der Waals surface area contributed by atoms with Crippen LogP contribution in [-0.2, 0) is 14.8 Å². The Morgan fingerprint density at radius 1 is 1.29 bits per heavy atom. The van der Waals surface area contributed by atoms with Crippen LogP contribution < -0.4 is 0 Å². The monoisotopic (exact) mass is 357 g/mol. The maximum absolute atomic E-state index is 13.1. The topological polar surface area (TPSA) is 87.1 Å². The number of aliphatic hydroxyl groups excluding tert-OH is 2.